The van der Waals surface area contributed by atoms with Crippen LogP contribution in [0.25, 0.3) is 0 Å². The molecular weight excluding hydrogens is 410 g/mol. The van der Waals surface area contributed by atoms with E-state index in [9.17, 15) is 26.3 Å². The van der Waals surface area contributed by atoms with Crippen LogP contribution in [0.2, 0.25) is 0 Å². The molecule has 0 atom stereocenters. The maximum absolute atomic E-state index is 14.7. The summed E-state index contributed by atoms with van der Waals surface area (Å²) in [5.41, 5.74) is -0.532. The van der Waals surface area contributed by atoms with Crippen molar-refractivity contribution in [3.05, 3.63) is 36.1 Å². The molecule has 3 fully saturated rings. The quantitative estimate of drug-likeness (QED) is 0.447. The van der Waals surface area contributed by atoms with Gasteiger partial charge in [0, 0.05) is 23.6 Å². The first-order valence-corrected chi connectivity index (χ1v) is 8.71. The Morgan fingerprint density at radius 3 is 2.14 bits per heavy atom. The van der Waals surface area contributed by atoms with Crippen molar-refractivity contribution in [3.63, 3.8) is 0 Å². The second-order valence-electron chi connectivity index (χ2n) is 6.79. The lowest BCUT2D eigenvalue weighted by Crippen LogP contribution is -2.68. The van der Waals surface area contributed by atoms with Crippen molar-refractivity contribution in [2.45, 2.75) is 38.3 Å². The smallest absolute Gasteiger partial charge is 0.459 e. The van der Waals surface area contributed by atoms with Crippen LogP contribution in [0, 0.1) is 17.0 Å². The summed E-state index contributed by atoms with van der Waals surface area (Å²) >= 11 is 0. The van der Waals surface area contributed by atoms with E-state index in [0.717, 1.165) is 6.42 Å². The Labute approximate surface area is 162 Å². The molecule has 11 heteroatoms. The highest BCUT2D eigenvalue weighted by Gasteiger charge is 2.68. The van der Waals surface area contributed by atoms with Crippen molar-refractivity contribution in [2.24, 2.45) is 5.41 Å². The van der Waals surface area contributed by atoms with Crippen LogP contribution in [0.3, 0.4) is 0 Å². The average molecular weight is 428 g/mol. The van der Waals surface area contributed by atoms with Gasteiger partial charge in [-0.1, -0.05) is 13.3 Å². The second-order valence-corrected chi connectivity index (χ2v) is 6.79. The van der Waals surface area contributed by atoms with Gasteiger partial charge in [0.1, 0.15) is 5.75 Å². The molecule has 1 aromatic rings. The number of hydrogen-bond donors (Lipinski definition) is 0. The lowest BCUT2D eigenvalue weighted by Gasteiger charge is -2.52. The van der Waals surface area contributed by atoms with Gasteiger partial charge in [-0.25, -0.2) is 17.6 Å². The van der Waals surface area contributed by atoms with Crippen LogP contribution in [0.4, 0.5) is 26.3 Å². The molecule has 3 aliphatic heterocycles. The van der Waals surface area contributed by atoms with E-state index < -0.39 is 47.1 Å². The van der Waals surface area contributed by atoms with Crippen LogP contribution < -0.4 is 9.47 Å². The van der Waals surface area contributed by atoms with Gasteiger partial charge in [-0.2, -0.15) is 8.78 Å². The van der Waals surface area contributed by atoms with Crippen LogP contribution in [-0.2, 0) is 14.2 Å². The number of ether oxygens (including phenoxy) is 5. The van der Waals surface area contributed by atoms with E-state index in [-0.39, 0.29) is 25.9 Å². The summed E-state index contributed by atoms with van der Waals surface area (Å²) in [6, 6.07) is 0.818. The molecule has 3 aliphatic rings. The standard InChI is InChI=1S/C18H18F6O5/c1-2-4-16-8-26-18(27-9-16,28-10-16)17(23,24)29-11-6-12(19)15(13(20)7-11)25-5-3-14(21)22/h3,5-7,14H,2,4,8-10H2,1H3. The minimum absolute atomic E-state index is 0.0498. The van der Waals surface area contributed by atoms with Gasteiger partial charge < -0.3 is 23.7 Å². The van der Waals surface area contributed by atoms with E-state index in [0.29, 0.717) is 24.8 Å². The third kappa shape index (κ3) is 4.31. The molecule has 3 heterocycles. The van der Waals surface area contributed by atoms with Gasteiger partial charge in [0.15, 0.2) is 17.4 Å². The van der Waals surface area contributed by atoms with Gasteiger partial charge in [-0.05, 0) is 6.42 Å². The molecule has 1 aromatic carbocycles. The van der Waals surface area contributed by atoms with E-state index >= 15 is 0 Å². The van der Waals surface area contributed by atoms with E-state index in [2.05, 4.69) is 9.47 Å². The molecule has 4 rings (SSSR count). The van der Waals surface area contributed by atoms with Crippen molar-refractivity contribution in [1.29, 1.82) is 0 Å². The molecule has 0 N–H and O–H groups in total. The van der Waals surface area contributed by atoms with Crippen molar-refractivity contribution in [1.82, 2.24) is 0 Å². The van der Waals surface area contributed by atoms with Gasteiger partial charge in [0.2, 0.25) is 0 Å². The van der Waals surface area contributed by atoms with E-state index in [4.69, 9.17) is 14.2 Å². The summed E-state index contributed by atoms with van der Waals surface area (Å²) < 4.78 is 105. The van der Waals surface area contributed by atoms with Crippen LogP contribution in [-0.4, -0.2) is 38.3 Å². The van der Waals surface area contributed by atoms with Crippen molar-refractivity contribution < 1.29 is 50.0 Å². The van der Waals surface area contributed by atoms with E-state index in [1.54, 1.807) is 0 Å². The van der Waals surface area contributed by atoms with Crippen molar-refractivity contribution in [3.8, 4) is 11.5 Å². The zero-order valence-corrected chi connectivity index (χ0v) is 15.2. The van der Waals surface area contributed by atoms with Crippen LogP contribution >= 0.6 is 0 Å². The molecule has 0 aromatic heterocycles. The van der Waals surface area contributed by atoms with Crippen molar-refractivity contribution >= 4 is 0 Å². The number of benzene rings is 1. The highest BCUT2D eigenvalue weighted by molar-refractivity contribution is 5.35. The molecule has 5 nitrogen and oxygen atoms in total. The zero-order chi connectivity index (χ0) is 21.3. The number of fused-ring (bicyclic) bond motifs is 3. The molecule has 0 unspecified atom stereocenters. The summed E-state index contributed by atoms with van der Waals surface area (Å²) in [6.07, 6.45) is -5.11. The van der Waals surface area contributed by atoms with Gasteiger partial charge in [0.05, 0.1) is 26.1 Å². The van der Waals surface area contributed by atoms with Gasteiger partial charge in [-0.3, -0.25) is 0 Å². The number of rotatable bonds is 8. The maximum atomic E-state index is 14.7. The number of hydrogen-bond acceptors (Lipinski definition) is 5. The Morgan fingerprint density at radius 1 is 1.10 bits per heavy atom. The average Bonchev–Trinajstić information content (AvgIpc) is 2.65. The topological polar surface area (TPSA) is 46.2 Å². The molecule has 162 valence electrons. The fraction of sp³-hybridized carbons (Fsp3) is 0.556. The van der Waals surface area contributed by atoms with E-state index in [1.807, 2.05) is 6.92 Å². The van der Waals surface area contributed by atoms with Gasteiger partial charge >= 0.3 is 12.1 Å². The van der Waals surface area contributed by atoms with Gasteiger partial charge in [0.25, 0.3) is 6.43 Å². The molecule has 3 saturated heterocycles. The maximum Gasteiger partial charge on any atom is 0.484 e. The molecule has 0 spiro atoms. The largest absolute Gasteiger partial charge is 0.484 e. The summed E-state index contributed by atoms with van der Waals surface area (Å²) in [5, 5.41) is 0. The molecule has 0 saturated carbocycles. The molecule has 2 bridgehead atoms. The Kier molecular flexibility index (Phi) is 6.02. The fourth-order valence-electron chi connectivity index (χ4n) is 3.08. The fourth-order valence-corrected chi connectivity index (χ4v) is 3.08. The monoisotopic (exact) mass is 428 g/mol. The third-order valence-corrected chi connectivity index (χ3v) is 4.47. The minimum atomic E-state index is -4.25. The highest BCUT2D eigenvalue weighted by atomic mass is 19.3. The summed E-state index contributed by atoms with van der Waals surface area (Å²) in [7, 11) is 0. The lowest BCUT2D eigenvalue weighted by atomic mass is 9.84. The van der Waals surface area contributed by atoms with Crippen LogP contribution in [0.1, 0.15) is 19.8 Å². The van der Waals surface area contributed by atoms with E-state index in [1.165, 1.54) is 0 Å². The lowest BCUT2D eigenvalue weighted by molar-refractivity contribution is -0.548. The Balaban J connectivity index is 1.74. The predicted octanol–water partition coefficient (Wildman–Crippen LogP) is 4.61. The van der Waals surface area contributed by atoms with Crippen molar-refractivity contribution in [2.75, 3.05) is 19.8 Å². The van der Waals surface area contributed by atoms with Crippen LogP contribution in [0.5, 0.6) is 11.5 Å². The SMILES string of the molecule is CCCC12COC(C(F)(F)Oc3cc(F)c(OC=CC(F)F)c(F)c3)(OC1)OC2. The molecule has 29 heavy (non-hydrogen) atoms. The molecule has 0 amide bonds. The third-order valence-electron chi connectivity index (χ3n) is 4.47. The first-order chi connectivity index (χ1) is 13.6. The highest BCUT2D eigenvalue weighted by Crippen LogP contribution is 2.48. The summed E-state index contributed by atoms with van der Waals surface area (Å²) in [6.45, 7) is 1.77. The second kappa shape index (κ2) is 8.04. The van der Waals surface area contributed by atoms with Crippen LogP contribution in [0.15, 0.2) is 24.5 Å². The predicted molar refractivity (Wildman–Crippen MR) is 85.6 cm³/mol. The first-order valence-electron chi connectivity index (χ1n) is 8.71. The number of allylic oxidation sites excluding steroid dienone is 1. The first kappa shape index (κ1) is 21.7. The Bertz CT molecular complexity index is 722. The number of halogens is 6. The minimum Gasteiger partial charge on any atom is -0.459 e. The molecular formula is C18H18F6O5. The molecule has 0 radical (unpaired) electrons. The summed E-state index contributed by atoms with van der Waals surface area (Å²) in [5.74, 6) is -7.69. The summed E-state index contributed by atoms with van der Waals surface area (Å²) in [4.78, 5) is 0. The van der Waals surface area contributed by atoms with Gasteiger partial charge in [-0.15, -0.1) is 0 Å². The number of alkyl halides is 4. The zero-order valence-electron chi connectivity index (χ0n) is 15.2. The normalized spacial score (nSPS) is 27.0. The Hall–Kier alpha value is -1.98. The molecule has 0 aliphatic carbocycles. The Morgan fingerprint density at radius 2 is 1.66 bits per heavy atom.